The molecule has 1 aromatic heterocycles. The van der Waals surface area contributed by atoms with Crippen molar-refractivity contribution in [1.29, 1.82) is 0 Å². The predicted octanol–water partition coefficient (Wildman–Crippen LogP) is 6.42. The van der Waals surface area contributed by atoms with Gasteiger partial charge in [0.1, 0.15) is 5.75 Å². The lowest BCUT2D eigenvalue weighted by Gasteiger charge is -2.13. The van der Waals surface area contributed by atoms with Crippen LogP contribution in [-0.2, 0) is 0 Å². The number of hydrogen-bond donors (Lipinski definition) is 0. The second kappa shape index (κ2) is 6.27. The molecule has 6 heteroatoms. The molecule has 0 spiro atoms. The van der Waals surface area contributed by atoms with Gasteiger partial charge in [-0.15, -0.1) is 11.3 Å². The first-order valence-corrected chi connectivity index (χ1v) is 8.64. The van der Waals surface area contributed by atoms with Crippen LogP contribution >= 0.6 is 70.7 Å². The summed E-state index contributed by atoms with van der Waals surface area (Å²) in [6.07, 6.45) is 0. The number of halogens is 4. The van der Waals surface area contributed by atoms with Crippen molar-refractivity contribution >= 4 is 70.7 Å². The van der Waals surface area contributed by atoms with Crippen LogP contribution < -0.4 is 4.74 Å². The normalized spacial score (nSPS) is 12.5. The molecule has 0 fully saturated rings. The van der Waals surface area contributed by atoms with Gasteiger partial charge in [0.15, 0.2) is 0 Å². The van der Waals surface area contributed by atoms with Crippen molar-refractivity contribution in [2.75, 3.05) is 7.11 Å². The van der Waals surface area contributed by atoms with Gasteiger partial charge >= 0.3 is 0 Å². The van der Waals surface area contributed by atoms with E-state index >= 15 is 0 Å². The van der Waals surface area contributed by atoms with Gasteiger partial charge < -0.3 is 4.74 Å². The van der Waals surface area contributed by atoms with E-state index in [2.05, 4.69) is 53.9 Å². The molecule has 0 N–H and O–H groups in total. The maximum atomic E-state index is 5.97. The standard InChI is InChI=1S/C12H8Br3ClOS/c1-17-9-4-6(16)2-3-7(9)11(14)10-5-8(13)12(15)18-10/h2-5,11H,1H3. The average molecular weight is 475 g/mol. The van der Waals surface area contributed by atoms with Gasteiger partial charge in [-0.2, -0.15) is 0 Å². The van der Waals surface area contributed by atoms with Crippen molar-refractivity contribution in [3.8, 4) is 5.75 Å². The van der Waals surface area contributed by atoms with Gasteiger partial charge in [-0.05, 0) is 50.1 Å². The van der Waals surface area contributed by atoms with E-state index < -0.39 is 0 Å². The average Bonchev–Trinajstić information content (AvgIpc) is 2.68. The second-order valence-electron chi connectivity index (χ2n) is 3.52. The maximum absolute atomic E-state index is 5.97. The molecule has 0 aliphatic rings. The summed E-state index contributed by atoms with van der Waals surface area (Å²) >= 11 is 18.3. The molecule has 0 aliphatic carbocycles. The smallest absolute Gasteiger partial charge is 0.125 e. The first-order chi connectivity index (χ1) is 8.52. The molecule has 96 valence electrons. The first-order valence-electron chi connectivity index (χ1n) is 4.95. The van der Waals surface area contributed by atoms with Crippen LogP contribution in [0.5, 0.6) is 5.75 Å². The number of ether oxygens (including phenoxy) is 1. The molecular weight excluding hydrogens is 467 g/mol. The van der Waals surface area contributed by atoms with Crippen LogP contribution in [0.15, 0.2) is 32.5 Å². The topological polar surface area (TPSA) is 9.23 Å². The van der Waals surface area contributed by atoms with Crippen molar-refractivity contribution in [3.05, 3.63) is 48.0 Å². The Morgan fingerprint density at radius 2 is 2.00 bits per heavy atom. The Morgan fingerprint density at radius 1 is 1.28 bits per heavy atom. The minimum Gasteiger partial charge on any atom is -0.496 e. The summed E-state index contributed by atoms with van der Waals surface area (Å²) in [4.78, 5) is 1.27. The molecule has 2 rings (SSSR count). The van der Waals surface area contributed by atoms with Crippen molar-refractivity contribution in [2.24, 2.45) is 0 Å². The molecule has 1 heterocycles. The van der Waals surface area contributed by atoms with Gasteiger partial charge in [0.25, 0.3) is 0 Å². The highest BCUT2D eigenvalue weighted by Gasteiger charge is 2.18. The number of rotatable bonds is 3. The van der Waals surface area contributed by atoms with Gasteiger partial charge in [0.2, 0.25) is 0 Å². The quantitative estimate of drug-likeness (QED) is 0.466. The Kier molecular flexibility index (Phi) is 5.17. The number of alkyl halides is 1. The highest BCUT2D eigenvalue weighted by Crippen LogP contribution is 2.44. The zero-order valence-corrected chi connectivity index (χ0v) is 15.5. The van der Waals surface area contributed by atoms with Crippen LogP contribution in [0.1, 0.15) is 15.3 Å². The van der Waals surface area contributed by atoms with E-state index in [9.17, 15) is 0 Å². The largest absolute Gasteiger partial charge is 0.496 e. The monoisotopic (exact) mass is 472 g/mol. The minimum atomic E-state index is 0.0808. The van der Waals surface area contributed by atoms with E-state index in [0.717, 1.165) is 19.6 Å². The predicted molar refractivity (Wildman–Crippen MR) is 88.5 cm³/mol. The van der Waals surface area contributed by atoms with Crippen molar-refractivity contribution in [1.82, 2.24) is 0 Å². The zero-order valence-electron chi connectivity index (χ0n) is 9.22. The van der Waals surface area contributed by atoms with Crippen LogP contribution in [0, 0.1) is 0 Å². The van der Waals surface area contributed by atoms with E-state index in [1.54, 1.807) is 18.4 Å². The number of hydrogen-bond acceptors (Lipinski definition) is 2. The molecule has 1 aromatic carbocycles. The van der Waals surface area contributed by atoms with Crippen molar-refractivity contribution in [3.63, 3.8) is 0 Å². The molecule has 1 atom stereocenters. The summed E-state index contributed by atoms with van der Waals surface area (Å²) in [7, 11) is 1.65. The Morgan fingerprint density at radius 3 is 2.56 bits per heavy atom. The Labute approximate surface area is 140 Å². The molecule has 18 heavy (non-hydrogen) atoms. The Balaban J connectivity index is 2.42. The third-order valence-electron chi connectivity index (χ3n) is 2.38. The van der Waals surface area contributed by atoms with E-state index in [-0.39, 0.29) is 4.83 Å². The first kappa shape index (κ1) is 14.9. The number of methoxy groups -OCH3 is 1. The molecule has 0 aliphatic heterocycles. The van der Waals surface area contributed by atoms with Crippen LogP contribution in [-0.4, -0.2) is 7.11 Å². The van der Waals surface area contributed by atoms with Crippen molar-refractivity contribution in [2.45, 2.75) is 4.83 Å². The van der Waals surface area contributed by atoms with E-state index in [4.69, 9.17) is 16.3 Å². The Bertz CT molecular complexity index is 551. The summed E-state index contributed by atoms with van der Waals surface area (Å²) < 4.78 is 7.51. The molecule has 2 aromatic rings. The van der Waals surface area contributed by atoms with Gasteiger partial charge in [0, 0.05) is 19.9 Å². The maximum Gasteiger partial charge on any atom is 0.125 e. The fourth-order valence-electron chi connectivity index (χ4n) is 1.54. The van der Waals surface area contributed by atoms with Crippen molar-refractivity contribution < 1.29 is 4.74 Å². The van der Waals surface area contributed by atoms with Crippen LogP contribution in [0.4, 0.5) is 0 Å². The lowest BCUT2D eigenvalue weighted by Crippen LogP contribution is -1.95. The van der Waals surface area contributed by atoms with Gasteiger partial charge in [-0.25, -0.2) is 0 Å². The minimum absolute atomic E-state index is 0.0808. The van der Waals surface area contributed by atoms with Crippen LogP contribution in [0.2, 0.25) is 5.02 Å². The number of thiophene rings is 1. The molecule has 1 unspecified atom stereocenters. The summed E-state index contributed by atoms with van der Waals surface area (Å²) in [5.41, 5.74) is 1.06. The molecule has 0 saturated carbocycles. The van der Waals surface area contributed by atoms with E-state index in [1.807, 2.05) is 18.2 Å². The Hall–Kier alpha value is 0.450. The molecule has 0 bridgehead atoms. The highest BCUT2D eigenvalue weighted by molar-refractivity contribution is 9.13. The summed E-state index contributed by atoms with van der Waals surface area (Å²) in [5, 5.41) is 0.670. The molecule has 0 saturated heterocycles. The SMILES string of the molecule is COc1cc(Cl)ccc1C(Br)c1cc(Br)c(Br)s1. The molecule has 0 radical (unpaired) electrons. The van der Waals surface area contributed by atoms with E-state index in [0.29, 0.717) is 5.02 Å². The third-order valence-corrected chi connectivity index (χ3v) is 7.23. The lowest BCUT2D eigenvalue weighted by atomic mass is 10.1. The summed E-state index contributed by atoms with van der Waals surface area (Å²) in [5.74, 6) is 0.782. The molecular formula is C12H8Br3ClOS. The van der Waals surface area contributed by atoms with Crippen LogP contribution in [0.25, 0.3) is 0 Å². The second-order valence-corrected chi connectivity index (χ2v) is 8.13. The lowest BCUT2D eigenvalue weighted by molar-refractivity contribution is 0.410. The van der Waals surface area contributed by atoms with Gasteiger partial charge in [0.05, 0.1) is 15.7 Å². The van der Waals surface area contributed by atoms with Gasteiger partial charge in [-0.3, -0.25) is 0 Å². The fourth-order valence-corrected chi connectivity index (χ4v) is 4.58. The summed E-state index contributed by atoms with van der Waals surface area (Å²) in [6.45, 7) is 0. The zero-order chi connectivity index (χ0) is 13.3. The molecule has 0 amide bonds. The summed E-state index contributed by atoms with van der Waals surface area (Å²) in [6, 6.07) is 7.75. The van der Waals surface area contributed by atoms with E-state index in [1.165, 1.54) is 4.88 Å². The third kappa shape index (κ3) is 3.12. The van der Waals surface area contributed by atoms with Crippen LogP contribution in [0.3, 0.4) is 0 Å². The highest BCUT2D eigenvalue weighted by atomic mass is 79.9. The van der Waals surface area contributed by atoms with Gasteiger partial charge in [-0.1, -0.05) is 33.6 Å². The molecule has 1 nitrogen and oxygen atoms in total. The number of benzene rings is 1. The fraction of sp³-hybridized carbons (Fsp3) is 0.167.